The van der Waals surface area contributed by atoms with E-state index in [0.717, 1.165) is 45.3 Å². The molecular weight excluding hydrogens is 320 g/mol. The van der Waals surface area contributed by atoms with E-state index < -0.39 is 5.60 Å². The minimum atomic E-state index is -0.588. The first-order valence-corrected chi connectivity index (χ1v) is 9.78. The average Bonchev–Trinajstić information content (AvgIpc) is 2.58. The molecular formula is C23H32N2O. The average molecular weight is 353 g/mol. The van der Waals surface area contributed by atoms with E-state index in [0.29, 0.717) is 0 Å². The number of aromatic nitrogens is 1. The third kappa shape index (κ3) is 5.15. The number of nitrogens with zero attached hydrogens (tertiary/aromatic N) is 2. The van der Waals surface area contributed by atoms with E-state index in [1.54, 1.807) is 0 Å². The molecule has 0 radical (unpaired) electrons. The zero-order chi connectivity index (χ0) is 18.7. The van der Waals surface area contributed by atoms with Gasteiger partial charge in [0.15, 0.2) is 0 Å². The van der Waals surface area contributed by atoms with Crippen LogP contribution in [0.15, 0.2) is 30.5 Å². The zero-order valence-corrected chi connectivity index (χ0v) is 16.7. The summed E-state index contributed by atoms with van der Waals surface area (Å²) in [6, 6.07) is 9.10. The van der Waals surface area contributed by atoms with Crippen LogP contribution in [0.25, 0.3) is 0 Å². The highest BCUT2D eigenvalue weighted by molar-refractivity contribution is 5.34. The molecule has 1 aliphatic rings. The van der Waals surface area contributed by atoms with Gasteiger partial charge >= 0.3 is 0 Å². The Kier molecular flexibility index (Phi) is 5.79. The highest BCUT2D eigenvalue weighted by Gasteiger charge is 2.18. The summed E-state index contributed by atoms with van der Waals surface area (Å²) in [6.45, 7) is 11.2. The van der Waals surface area contributed by atoms with Crippen molar-refractivity contribution in [1.82, 2.24) is 9.88 Å². The van der Waals surface area contributed by atoms with Crippen molar-refractivity contribution in [2.45, 2.75) is 65.5 Å². The van der Waals surface area contributed by atoms with Gasteiger partial charge in [-0.05, 0) is 74.8 Å². The number of aliphatic hydroxyl groups is 1. The van der Waals surface area contributed by atoms with Gasteiger partial charge in [0.1, 0.15) is 0 Å². The lowest BCUT2D eigenvalue weighted by molar-refractivity contribution is 0.0714. The van der Waals surface area contributed by atoms with Gasteiger partial charge in [0, 0.05) is 37.9 Å². The number of fused-ring (bicyclic) bond motifs is 1. The number of rotatable bonds is 6. The Bertz CT molecular complexity index is 761. The van der Waals surface area contributed by atoms with E-state index in [4.69, 9.17) is 0 Å². The predicted molar refractivity (Wildman–Crippen MR) is 107 cm³/mol. The van der Waals surface area contributed by atoms with E-state index >= 15 is 0 Å². The molecule has 0 amide bonds. The van der Waals surface area contributed by atoms with Crippen molar-refractivity contribution in [2.75, 3.05) is 13.1 Å². The van der Waals surface area contributed by atoms with Crippen molar-refractivity contribution in [3.05, 3.63) is 64.0 Å². The van der Waals surface area contributed by atoms with Crippen LogP contribution < -0.4 is 0 Å². The molecule has 2 aromatic rings. The van der Waals surface area contributed by atoms with Gasteiger partial charge in [-0.15, -0.1) is 0 Å². The summed E-state index contributed by atoms with van der Waals surface area (Å²) in [5.41, 5.74) is 7.46. The maximum absolute atomic E-state index is 9.93. The molecule has 0 saturated carbocycles. The van der Waals surface area contributed by atoms with Crippen molar-refractivity contribution in [1.29, 1.82) is 0 Å². The fraction of sp³-hybridized carbons (Fsp3) is 0.522. The summed E-state index contributed by atoms with van der Waals surface area (Å²) in [7, 11) is 0. The molecule has 1 aromatic carbocycles. The van der Waals surface area contributed by atoms with Crippen LogP contribution in [0.2, 0.25) is 0 Å². The molecule has 3 rings (SSSR count). The SMILES string of the molecule is Cc1cnc(CCN2CCc3cc(CCC(C)(C)O)ccc3C2)c(C)c1. The quantitative estimate of drug-likeness (QED) is 0.853. The molecule has 26 heavy (non-hydrogen) atoms. The van der Waals surface area contributed by atoms with Crippen LogP contribution in [0.1, 0.15) is 53.8 Å². The summed E-state index contributed by atoms with van der Waals surface area (Å²) < 4.78 is 0. The molecule has 0 fully saturated rings. The number of pyridine rings is 1. The van der Waals surface area contributed by atoms with Gasteiger partial charge in [-0.25, -0.2) is 0 Å². The first kappa shape index (κ1) is 19.1. The van der Waals surface area contributed by atoms with Crippen molar-refractivity contribution >= 4 is 0 Å². The summed E-state index contributed by atoms with van der Waals surface area (Å²) in [4.78, 5) is 7.15. The third-order valence-corrected chi connectivity index (χ3v) is 5.38. The van der Waals surface area contributed by atoms with Crippen LogP contribution >= 0.6 is 0 Å². The minimum absolute atomic E-state index is 0.588. The lowest BCUT2D eigenvalue weighted by atomic mass is 9.93. The van der Waals surface area contributed by atoms with Gasteiger partial charge in [0.25, 0.3) is 0 Å². The lowest BCUT2D eigenvalue weighted by Gasteiger charge is -2.29. The van der Waals surface area contributed by atoms with Gasteiger partial charge in [-0.1, -0.05) is 24.3 Å². The normalized spacial score (nSPS) is 15.1. The van der Waals surface area contributed by atoms with Crippen molar-refractivity contribution in [3.63, 3.8) is 0 Å². The zero-order valence-electron chi connectivity index (χ0n) is 16.7. The van der Waals surface area contributed by atoms with Crippen LogP contribution in [0, 0.1) is 13.8 Å². The minimum Gasteiger partial charge on any atom is -0.390 e. The molecule has 1 aliphatic heterocycles. The predicted octanol–water partition coefficient (Wildman–Crippen LogP) is 4.00. The van der Waals surface area contributed by atoms with E-state index in [1.807, 2.05) is 20.0 Å². The summed E-state index contributed by atoms with van der Waals surface area (Å²) in [6.07, 6.45) is 5.86. The Hall–Kier alpha value is -1.71. The summed E-state index contributed by atoms with van der Waals surface area (Å²) >= 11 is 0. The molecule has 0 saturated heterocycles. The Morgan fingerprint density at radius 2 is 1.92 bits per heavy atom. The fourth-order valence-corrected chi connectivity index (χ4v) is 3.73. The Labute approximate surface area is 158 Å². The molecule has 0 atom stereocenters. The maximum atomic E-state index is 9.93. The molecule has 0 spiro atoms. The standard InChI is InChI=1S/C23H32N2O/c1-17-13-18(2)22(24-15-17)9-12-25-11-8-20-14-19(5-6-21(20)16-25)7-10-23(3,4)26/h5-6,13-15,26H,7-12,16H2,1-4H3. The number of aryl methyl sites for hydroxylation is 3. The molecule has 3 heteroatoms. The van der Waals surface area contributed by atoms with Crippen molar-refractivity contribution < 1.29 is 5.11 Å². The molecule has 0 unspecified atom stereocenters. The topological polar surface area (TPSA) is 36.4 Å². The number of hydrogen-bond donors (Lipinski definition) is 1. The second-order valence-electron chi connectivity index (χ2n) is 8.47. The number of hydrogen-bond acceptors (Lipinski definition) is 3. The van der Waals surface area contributed by atoms with Gasteiger partial charge < -0.3 is 5.11 Å². The fourth-order valence-electron chi connectivity index (χ4n) is 3.73. The molecule has 140 valence electrons. The van der Waals surface area contributed by atoms with E-state index in [2.05, 4.69) is 48.0 Å². The molecule has 3 nitrogen and oxygen atoms in total. The molecule has 1 N–H and O–H groups in total. The van der Waals surface area contributed by atoms with Crippen LogP contribution in [0.4, 0.5) is 0 Å². The first-order valence-electron chi connectivity index (χ1n) is 9.78. The van der Waals surface area contributed by atoms with Gasteiger partial charge in [0.2, 0.25) is 0 Å². The number of benzene rings is 1. The van der Waals surface area contributed by atoms with E-state index in [1.165, 1.54) is 33.5 Å². The summed E-state index contributed by atoms with van der Waals surface area (Å²) in [5.74, 6) is 0. The van der Waals surface area contributed by atoms with Gasteiger partial charge in [-0.2, -0.15) is 0 Å². The molecule has 1 aromatic heterocycles. The van der Waals surface area contributed by atoms with Gasteiger partial charge in [-0.3, -0.25) is 9.88 Å². The summed E-state index contributed by atoms with van der Waals surface area (Å²) in [5, 5.41) is 9.93. The second kappa shape index (κ2) is 7.89. The van der Waals surface area contributed by atoms with Crippen LogP contribution in [0.5, 0.6) is 0 Å². The van der Waals surface area contributed by atoms with Crippen LogP contribution in [-0.4, -0.2) is 33.7 Å². The Balaban J connectivity index is 1.57. The van der Waals surface area contributed by atoms with Crippen molar-refractivity contribution in [2.24, 2.45) is 0 Å². The largest absolute Gasteiger partial charge is 0.390 e. The molecule has 2 heterocycles. The smallest absolute Gasteiger partial charge is 0.0594 e. The third-order valence-electron chi connectivity index (χ3n) is 5.38. The van der Waals surface area contributed by atoms with Crippen LogP contribution in [0.3, 0.4) is 0 Å². The van der Waals surface area contributed by atoms with Crippen LogP contribution in [-0.2, 0) is 25.8 Å². The lowest BCUT2D eigenvalue weighted by Crippen LogP contribution is -2.32. The second-order valence-corrected chi connectivity index (χ2v) is 8.47. The Morgan fingerprint density at radius 1 is 1.12 bits per heavy atom. The monoisotopic (exact) mass is 352 g/mol. The van der Waals surface area contributed by atoms with Gasteiger partial charge in [0.05, 0.1) is 5.60 Å². The highest BCUT2D eigenvalue weighted by atomic mass is 16.3. The Morgan fingerprint density at radius 3 is 2.65 bits per heavy atom. The molecule has 0 bridgehead atoms. The molecule has 0 aliphatic carbocycles. The first-order chi connectivity index (χ1) is 12.3. The highest BCUT2D eigenvalue weighted by Crippen LogP contribution is 2.22. The van der Waals surface area contributed by atoms with E-state index in [-0.39, 0.29) is 0 Å². The van der Waals surface area contributed by atoms with Crippen molar-refractivity contribution in [3.8, 4) is 0 Å². The maximum Gasteiger partial charge on any atom is 0.0594 e. The van der Waals surface area contributed by atoms with E-state index in [9.17, 15) is 5.11 Å².